The molecule has 1 aromatic carbocycles. The normalized spacial score (nSPS) is 22.2. The largest absolute Gasteiger partial charge is 0.411 e. The second kappa shape index (κ2) is 10.7. The number of hydrogen-bond donors (Lipinski definition) is 1. The van der Waals surface area contributed by atoms with Crippen LogP contribution in [-0.4, -0.2) is 77.6 Å². The van der Waals surface area contributed by atoms with Gasteiger partial charge in [-0.1, -0.05) is 17.3 Å². The molecule has 1 amide bonds. The van der Waals surface area contributed by atoms with E-state index in [2.05, 4.69) is 10.1 Å². The zero-order valence-electron chi connectivity index (χ0n) is 20.9. The maximum Gasteiger partial charge on any atom is 0.270 e. The molecular formula is C27H35FN4O4. The number of ether oxygens (including phenoxy) is 2. The lowest BCUT2D eigenvalue weighted by Crippen LogP contribution is -2.44. The molecule has 1 N–H and O–H groups in total. The Morgan fingerprint density at radius 1 is 1.06 bits per heavy atom. The van der Waals surface area contributed by atoms with Crippen LogP contribution in [0.2, 0.25) is 0 Å². The van der Waals surface area contributed by atoms with Crippen molar-refractivity contribution >= 4 is 11.6 Å². The predicted molar refractivity (Wildman–Crippen MR) is 133 cm³/mol. The number of carbonyl (C=O) groups excluding carboxylic acids is 1. The van der Waals surface area contributed by atoms with E-state index in [1.807, 2.05) is 16.8 Å². The minimum Gasteiger partial charge on any atom is -0.411 e. The third-order valence-electron chi connectivity index (χ3n) is 7.84. The molecule has 9 heteroatoms. The fourth-order valence-electron chi connectivity index (χ4n) is 5.83. The molecule has 0 unspecified atom stereocenters. The van der Waals surface area contributed by atoms with E-state index in [9.17, 15) is 14.4 Å². The maximum atomic E-state index is 13.5. The third kappa shape index (κ3) is 4.79. The van der Waals surface area contributed by atoms with Crippen LogP contribution in [0.25, 0.3) is 0 Å². The zero-order valence-corrected chi connectivity index (χ0v) is 20.9. The molecule has 2 aromatic rings. The summed E-state index contributed by atoms with van der Waals surface area (Å²) in [4.78, 5) is 17.0. The van der Waals surface area contributed by atoms with Gasteiger partial charge >= 0.3 is 0 Å². The first kappa shape index (κ1) is 24.9. The summed E-state index contributed by atoms with van der Waals surface area (Å²) in [6.45, 7) is 5.35. The number of unbranched alkanes of at least 4 members (excludes halogenated alkanes) is 1. The average Bonchev–Trinajstić information content (AvgIpc) is 3.53. The molecule has 36 heavy (non-hydrogen) atoms. The van der Waals surface area contributed by atoms with E-state index in [-0.39, 0.29) is 17.6 Å². The Balaban J connectivity index is 1.13. The number of nitrogens with zero attached hydrogens (tertiary/aromatic N) is 4. The number of likely N-dealkylation sites (tertiary alicyclic amines) is 1. The number of benzene rings is 1. The Bertz CT molecular complexity index is 1090. The van der Waals surface area contributed by atoms with E-state index in [1.54, 1.807) is 24.1 Å². The van der Waals surface area contributed by atoms with Crippen LogP contribution in [0.4, 0.5) is 4.39 Å². The van der Waals surface area contributed by atoms with Crippen LogP contribution >= 0.6 is 0 Å². The minimum atomic E-state index is -0.761. The molecule has 0 atom stereocenters. The number of carbonyl (C=O) groups is 1. The zero-order chi connectivity index (χ0) is 25.1. The van der Waals surface area contributed by atoms with E-state index in [1.165, 1.54) is 12.1 Å². The van der Waals surface area contributed by atoms with Gasteiger partial charge in [-0.2, -0.15) is 0 Å². The summed E-state index contributed by atoms with van der Waals surface area (Å²) >= 11 is 0. The molecule has 4 heterocycles. The molecule has 194 valence electrons. The van der Waals surface area contributed by atoms with Gasteiger partial charge in [0.15, 0.2) is 5.79 Å². The Morgan fingerprint density at radius 2 is 1.75 bits per heavy atom. The first-order valence-electron chi connectivity index (χ1n) is 12.9. The third-order valence-corrected chi connectivity index (χ3v) is 7.84. The van der Waals surface area contributed by atoms with Gasteiger partial charge in [0.2, 0.25) is 0 Å². The van der Waals surface area contributed by atoms with Gasteiger partial charge in [0, 0.05) is 49.8 Å². The summed E-state index contributed by atoms with van der Waals surface area (Å²) in [5, 5.41) is 12.8. The number of halogens is 1. The fourth-order valence-corrected chi connectivity index (χ4v) is 5.83. The van der Waals surface area contributed by atoms with E-state index < -0.39 is 5.79 Å². The van der Waals surface area contributed by atoms with Crippen LogP contribution in [0.15, 0.2) is 41.7 Å². The van der Waals surface area contributed by atoms with Gasteiger partial charge in [0.05, 0.1) is 18.9 Å². The Morgan fingerprint density at radius 3 is 2.44 bits per heavy atom. The van der Waals surface area contributed by atoms with Gasteiger partial charge in [-0.25, -0.2) is 4.39 Å². The smallest absolute Gasteiger partial charge is 0.270 e. The first-order chi connectivity index (χ1) is 17.5. The van der Waals surface area contributed by atoms with Gasteiger partial charge in [0.25, 0.3) is 5.91 Å². The topological polar surface area (TPSA) is 79.5 Å². The van der Waals surface area contributed by atoms with Crippen molar-refractivity contribution in [2.75, 3.05) is 46.4 Å². The van der Waals surface area contributed by atoms with Crippen LogP contribution in [-0.2, 0) is 21.8 Å². The molecule has 0 aliphatic carbocycles. The summed E-state index contributed by atoms with van der Waals surface area (Å²) in [5.41, 5.74) is 2.82. The summed E-state index contributed by atoms with van der Waals surface area (Å²) < 4.78 is 27.8. The van der Waals surface area contributed by atoms with Crippen molar-refractivity contribution in [3.8, 4) is 0 Å². The molecule has 0 bridgehead atoms. The highest BCUT2D eigenvalue weighted by molar-refractivity contribution is 6.11. The Labute approximate surface area is 211 Å². The summed E-state index contributed by atoms with van der Waals surface area (Å²) in [6.07, 6.45) is 6.38. The van der Waals surface area contributed by atoms with Crippen LogP contribution in [0.1, 0.15) is 53.7 Å². The van der Waals surface area contributed by atoms with Crippen LogP contribution in [0, 0.1) is 11.7 Å². The van der Waals surface area contributed by atoms with Crippen molar-refractivity contribution in [2.24, 2.45) is 11.1 Å². The number of piperidine rings is 1. The SMILES string of the molecule is CN1CCC(=NO)c2ccn(CCCCN3CCC(C4(c5ccc(F)cc5)OCCO4)CC3)c2C1=O. The molecule has 0 radical (unpaired) electrons. The van der Waals surface area contributed by atoms with Gasteiger partial charge in [0.1, 0.15) is 11.5 Å². The molecule has 1 aromatic heterocycles. The van der Waals surface area contributed by atoms with Crippen molar-refractivity contribution in [1.29, 1.82) is 0 Å². The second-order valence-corrected chi connectivity index (χ2v) is 9.99. The molecule has 3 aliphatic heterocycles. The van der Waals surface area contributed by atoms with Crippen molar-refractivity contribution in [3.05, 3.63) is 59.2 Å². The van der Waals surface area contributed by atoms with E-state index in [0.29, 0.717) is 37.6 Å². The van der Waals surface area contributed by atoms with Gasteiger partial charge in [-0.05, 0) is 63.5 Å². The summed E-state index contributed by atoms with van der Waals surface area (Å²) in [7, 11) is 1.79. The predicted octanol–water partition coefficient (Wildman–Crippen LogP) is 3.67. The van der Waals surface area contributed by atoms with Crippen LogP contribution in [0.3, 0.4) is 0 Å². The van der Waals surface area contributed by atoms with Gasteiger partial charge < -0.3 is 29.0 Å². The molecule has 0 saturated carbocycles. The van der Waals surface area contributed by atoms with Crippen LogP contribution < -0.4 is 0 Å². The van der Waals surface area contributed by atoms with Crippen molar-refractivity contribution < 1.29 is 23.9 Å². The highest BCUT2D eigenvalue weighted by Crippen LogP contribution is 2.43. The number of oxime groups is 1. The molecule has 2 fully saturated rings. The number of fused-ring (bicyclic) bond motifs is 1. The molecule has 2 saturated heterocycles. The number of aryl methyl sites for hydroxylation is 1. The van der Waals surface area contributed by atoms with E-state index >= 15 is 0 Å². The highest BCUT2D eigenvalue weighted by atomic mass is 19.1. The van der Waals surface area contributed by atoms with E-state index in [0.717, 1.165) is 63.0 Å². The van der Waals surface area contributed by atoms with Gasteiger partial charge in [-0.15, -0.1) is 0 Å². The Kier molecular flexibility index (Phi) is 7.41. The molecule has 5 rings (SSSR count). The maximum absolute atomic E-state index is 13.5. The average molecular weight is 499 g/mol. The van der Waals surface area contributed by atoms with Crippen molar-refractivity contribution in [2.45, 2.75) is 44.4 Å². The summed E-state index contributed by atoms with van der Waals surface area (Å²) in [5.74, 6) is -0.803. The monoisotopic (exact) mass is 498 g/mol. The molecule has 8 nitrogen and oxygen atoms in total. The first-order valence-corrected chi connectivity index (χ1v) is 12.9. The van der Waals surface area contributed by atoms with Crippen LogP contribution in [0.5, 0.6) is 0 Å². The van der Waals surface area contributed by atoms with E-state index in [4.69, 9.17) is 9.47 Å². The molecule has 3 aliphatic rings. The molecular weight excluding hydrogens is 463 g/mol. The van der Waals surface area contributed by atoms with Crippen molar-refractivity contribution in [1.82, 2.24) is 14.4 Å². The highest BCUT2D eigenvalue weighted by Gasteiger charge is 2.46. The number of hydrogen-bond acceptors (Lipinski definition) is 6. The lowest BCUT2D eigenvalue weighted by Gasteiger charge is -2.41. The standard InChI is InChI=1S/C27H35FN4O4/c1-30-14-11-24(29-34)23-10-17-32(25(23)26(30)33)13-3-2-12-31-15-8-21(9-16-31)27(35-18-19-36-27)20-4-6-22(28)7-5-20/h4-7,10,17,21,34H,2-3,8-9,11-16,18-19H2,1H3. The number of amides is 1. The lowest BCUT2D eigenvalue weighted by molar-refractivity contribution is -0.214. The lowest BCUT2D eigenvalue weighted by atomic mass is 9.84. The number of aromatic nitrogens is 1. The fraction of sp³-hybridized carbons (Fsp3) is 0.556. The summed E-state index contributed by atoms with van der Waals surface area (Å²) in [6, 6.07) is 8.41. The van der Waals surface area contributed by atoms with Crippen molar-refractivity contribution in [3.63, 3.8) is 0 Å². The number of rotatable bonds is 7. The Hall–Kier alpha value is -2.75. The van der Waals surface area contributed by atoms with Gasteiger partial charge in [-0.3, -0.25) is 4.79 Å². The minimum absolute atomic E-state index is 0.0258. The quantitative estimate of drug-likeness (QED) is 0.358. The molecule has 0 spiro atoms. The second-order valence-electron chi connectivity index (χ2n) is 9.99.